The molecular weight excluding hydrogens is 150 g/mol. The maximum Gasteiger partial charge on any atom is 0.245 e. The van der Waals surface area contributed by atoms with E-state index in [-0.39, 0.29) is 5.91 Å². The highest BCUT2D eigenvalue weighted by Gasteiger charge is 1.91. The SMILES string of the molecule is C=CC(=O)N(C)C.CC.CCC. The zero-order valence-electron chi connectivity index (χ0n) is 9.35. The van der Waals surface area contributed by atoms with Gasteiger partial charge in [-0.2, -0.15) is 0 Å². The van der Waals surface area contributed by atoms with Crippen LogP contribution in [-0.2, 0) is 4.79 Å². The number of hydrogen-bond donors (Lipinski definition) is 0. The van der Waals surface area contributed by atoms with Crippen LogP contribution >= 0.6 is 0 Å². The molecule has 0 saturated heterocycles. The van der Waals surface area contributed by atoms with E-state index in [4.69, 9.17) is 0 Å². The van der Waals surface area contributed by atoms with Crippen molar-refractivity contribution < 1.29 is 4.79 Å². The van der Waals surface area contributed by atoms with Crippen molar-refractivity contribution in [2.24, 2.45) is 0 Å². The minimum Gasteiger partial charge on any atom is -0.345 e. The van der Waals surface area contributed by atoms with Gasteiger partial charge in [-0.1, -0.05) is 40.7 Å². The highest BCUT2D eigenvalue weighted by molar-refractivity contribution is 5.86. The van der Waals surface area contributed by atoms with Crippen LogP contribution < -0.4 is 0 Å². The normalized spacial score (nSPS) is 6.50. The third kappa shape index (κ3) is 22.9. The summed E-state index contributed by atoms with van der Waals surface area (Å²) in [7, 11) is 3.37. The Morgan fingerprint density at radius 3 is 1.58 bits per heavy atom. The number of amides is 1. The molecule has 0 aromatic heterocycles. The van der Waals surface area contributed by atoms with E-state index in [0.717, 1.165) is 0 Å². The lowest BCUT2D eigenvalue weighted by atomic mass is 10.5. The molecule has 0 atom stereocenters. The van der Waals surface area contributed by atoms with E-state index < -0.39 is 0 Å². The number of carbonyl (C=O) groups is 1. The Bertz CT molecular complexity index is 98.0. The number of carbonyl (C=O) groups excluding carboxylic acids is 1. The summed E-state index contributed by atoms with van der Waals surface area (Å²) >= 11 is 0. The van der Waals surface area contributed by atoms with E-state index in [9.17, 15) is 4.79 Å². The minimum atomic E-state index is -0.0556. The second-order valence-electron chi connectivity index (χ2n) is 2.14. The van der Waals surface area contributed by atoms with Gasteiger partial charge in [0.25, 0.3) is 0 Å². The molecule has 0 aromatic carbocycles. The largest absolute Gasteiger partial charge is 0.345 e. The molecule has 0 fully saturated rings. The molecule has 0 bridgehead atoms. The molecule has 0 heterocycles. The number of likely N-dealkylation sites (N-methyl/N-ethyl adjacent to an activating group) is 1. The summed E-state index contributed by atoms with van der Waals surface area (Å²) in [6, 6.07) is 0. The van der Waals surface area contributed by atoms with E-state index in [1.54, 1.807) is 14.1 Å². The van der Waals surface area contributed by atoms with E-state index in [0.29, 0.717) is 0 Å². The molecule has 0 radical (unpaired) electrons. The van der Waals surface area contributed by atoms with E-state index in [1.165, 1.54) is 17.4 Å². The first-order valence-corrected chi connectivity index (χ1v) is 4.43. The molecule has 0 aliphatic heterocycles. The van der Waals surface area contributed by atoms with Crippen LogP contribution in [0.4, 0.5) is 0 Å². The average molecular weight is 173 g/mol. The highest BCUT2D eigenvalue weighted by Crippen LogP contribution is 1.74. The first-order chi connectivity index (χ1) is 5.59. The Hall–Kier alpha value is -0.790. The van der Waals surface area contributed by atoms with Crippen LogP contribution in [0.1, 0.15) is 34.1 Å². The van der Waals surface area contributed by atoms with Crippen molar-refractivity contribution in [1.29, 1.82) is 0 Å². The van der Waals surface area contributed by atoms with Gasteiger partial charge in [0.1, 0.15) is 0 Å². The second-order valence-corrected chi connectivity index (χ2v) is 2.14. The quantitative estimate of drug-likeness (QED) is 0.558. The molecule has 74 valence electrons. The molecular formula is C10H23NO. The van der Waals surface area contributed by atoms with E-state index in [2.05, 4.69) is 20.4 Å². The summed E-state index contributed by atoms with van der Waals surface area (Å²) in [5.41, 5.74) is 0. The summed E-state index contributed by atoms with van der Waals surface area (Å²) in [5.74, 6) is -0.0556. The molecule has 0 aliphatic carbocycles. The average Bonchev–Trinajstić information content (AvgIpc) is 2.08. The summed E-state index contributed by atoms with van der Waals surface area (Å²) < 4.78 is 0. The molecule has 0 spiro atoms. The van der Waals surface area contributed by atoms with Crippen LogP contribution in [0.25, 0.3) is 0 Å². The zero-order chi connectivity index (χ0) is 10.6. The van der Waals surface area contributed by atoms with Gasteiger partial charge in [-0.05, 0) is 6.08 Å². The van der Waals surface area contributed by atoms with Crippen molar-refractivity contribution in [3.63, 3.8) is 0 Å². The van der Waals surface area contributed by atoms with Crippen molar-refractivity contribution in [1.82, 2.24) is 4.90 Å². The van der Waals surface area contributed by atoms with Crippen molar-refractivity contribution in [3.8, 4) is 0 Å². The Balaban J connectivity index is -0.000000137. The predicted octanol–water partition coefficient (Wildman–Crippen LogP) is 2.70. The van der Waals surface area contributed by atoms with Gasteiger partial charge in [0, 0.05) is 14.1 Å². The number of nitrogens with zero attached hydrogens (tertiary/aromatic N) is 1. The fraction of sp³-hybridized carbons (Fsp3) is 0.700. The molecule has 2 heteroatoms. The van der Waals surface area contributed by atoms with Gasteiger partial charge in [0.15, 0.2) is 0 Å². The van der Waals surface area contributed by atoms with Crippen molar-refractivity contribution in [3.05, 3.63) is 12.7 Å². The molecule has 0 aromatic rings. The van der Waals surface area contributed by atoms with Crippen LogP contribution in [0.2, 0.25) is 0 Å². The molecule has 0 saturated carbocycles. The lowest BCUT2D eigenvalue weighted by molar-refractivity contribution is -0.123. The van der Waals surface area contributed by atoms with Gasteiger partial charge in [0.2, 0.25) is 5.91 Å². The van der Waals surface area contributed by atoms with Gasteiger partial charge >= 0.3 is 0 Å². The van der Waals surface area contributed by atoms with Gasteiger partial charge in [-0.25, -0.2) is 0 Å². The molecule has 0 unspecified atom stereocenters. The topological polar surface area (TPSA) is 20.3 Å². The highest BCUT2D eigenvalue weighted by atomic mass is 16.2. The van der Waals surface area contributed by atoms with Crippen LogP contribution in [0.3, 0.4) is 0 Å². The first kappa shape index (κ1) is 17.3. The summed E-state index contributed by atoms with van der Waals surface area (Å²) in [4.78, 5) is 11.8. The molecule has 1 amide bonds. The van der Waals surface area contributed by atoms with Crippen LogP contribution in [0.5, 0.6) is 0 Å². The molecule has 0 aliphatic rings. The maximum atomic E-state index is 10.3. The first-order valence-electron chi connectivity index (χ1n) is 4.43. The fourth-order valence-electron chi connectivity index (χ4n) is 0.183. The van der Waals surface area contributed by atoms with Crippen LogP contribution in [0, 0.1) is 0 Å². The maximum absolute atomic E-state index is 10.3. The van der Waals surface area contributed by atoms with Gasteiger partial charge in [0.05, 0.1) is 0 Å². The Labute approximate surface area is 77.3 Å². The Morgan fingerprint density at radius 2 is 1.58 bits per heavy atom. The van der Waals surface area contributed by atoms with Crippen molar-refractivity contribution >= 4 is 5.91 Å². The molecule has 0 rings (SSSR count). The minimum absolute atomic E-state index is 0.0556. The van der Waals surface area contributed by atoms with E-state index >= 15 is 0 Å². The monoisotopic (exact) mass is 173 g/mol. The lowest BCUT2D eigenvalue weighted by Crippen LogP contribution is -2.18. The van der Waals surface area contributed by atoms with Gasteiger partial charge in [-0.15, -0.1) is 0 Å². The standard InChI is InChI=1S/C5H9NO.C3H8.C2H6/c1-4-5(7)6(2)3;1-3-2;1-2/h4H,1H2,2-3H3;3H2,1-2H3;1-2H3. The third-order valence-electron chi connectivity index (χ3n) is 0.615. The summed E-state index contributed by atoms with van der Waals surface area (Å²) in [6.07, 6.45) is 2.53. The number of hydrogen-bond acceptors (Lipinski definition) is 1. The smallest absolute Gasteiger partial charge is 0.245 e. The van der Waals surface area contributed by atoms with Crippen LogP contribution in [0.15, 0.2) is 12.7 Å². The number of rotatable bonds is 1. The van der Waals surface area contributed by atoms with Gasteiger partial charge in [-0.3, -0.25) is 4.79 Å². The second kappa shape index (κ2) is 16.7. The Morgan fingerprint density at radius 1 is 1.33 bits per heavy atom. The lowest BCUT2D eigenvalue weighted by Gasteiger charge is -2.03. The van der Waals surface area contributed by atoms with E-state index in [1.807, 2.05) is 13.8 Å². The van der Waals surface area contributed by atoms with Gasteiger partial charge < -0.3 is 4.90 Å². The zero-order valence-corrected chi connectivity index (χ0v) is 9.35. The Kier molecular flexibility index (Phi) is 24.1. The molecule has 2 nitrogen and oxygen atoms in total. The van der Waals surface area contributed by atoms with Crippen LogP contribution in [-0.4, -0.2) is 24.9 Å². The molecule has 12 heavy (non-hydrogen) atoms. The van der Waals surface area contributed by atoms with Crippen molar-refractivity contribution in [2.45, 2.75) is 34.1 Å². The summed E-state index contributed by atoms with van der Waals surface area (Å²) in [6.45, 7) is 11.5. The fourth-order valence-corrected chi connectivity index (χ4v) is 0.183. The van der Waals surface area contributed by atoms with Crippen molar-refractivity contribution in [2.75, 3.05) is 14.1 Å². The molecule has 0 N–H and O–H groups in total. The summed E-state index contributed by atoms with van der Waals surface area (Å²) in [5, 5.41) is 0. The third-order valence-corrected chi connectivity index (χ3v) is 0.615. The predicted molar refractivity (Wildman–Crippen MR) is 56.2 cm³/mol.